The van der Waals surface area contributed by atoms with Crippen LogP contribution in [0.1, 0.15) is 24.5 Å². The van der Waals surface area contributed by atoms with E-state index in [0.29, 0.717) is 18.5 Å². The third-order valence-corrected chi connectivity index (χ3v) is 8.81. The van der Waals surface area contributed by atoms with Crippen molar-refractivity contribution in [3.8, 4) is 0 Å². The quantitative estimate of drug-likeness (QED) is 0.152. The van der Waals surface area contributed by atoms with Crippen molar-refractivity contribution in [1.29, 1.82) is 0 Å². The molecule has 0 radical (unpaired) electrons. The zero-order valence-corrected chi connectivity index (χ0v) is 25.4. The second-order valence-electron chi connectivity index (χ2n) is 10.2. The van der Waals surface area contributed by atoms with Gasteiger partial charge in [-0.25, -0.2) is 12.8 Å². The standard InChI is InChI=1S/C33H33FN4O6S/c1-2-20-35-33(40)31(21-25-10-5-3-6-11-25)36(23-26-16-18-27(34)19-17-26)32(39)24-37(28-12-9-13-29(22-28)38(41)42)45(43,44)30-14-7-4-8-15-30/h3-19,22,31H,2,20-21,23-24H2,1H3,(H,35,40). The number of carbonyl (C=O) groups is 2. The molecule has 4 rings (SSSR count). The summed E-state index contributed by atoms with van der Waals surface area (Å²) >= 11 is 0. The lowest BCUT2D eigenvalue weighted by atomic mass is 10.0. The van der Waals surface area contributed by atoms with Gasteiger partial charge in [0.05, 0.1) is 15.5 Å². The van der Waals surface area contributed by atoms with Gasteiger partial charge in [0, 0.05) is 31.6 Å². The number of anilines is 1. The summed E-state index contributed by atoms with van der Waals surface area (Å²) < 4.78 is 42.5. The highest BCUT2D eigenvalue weighted by Gasteiger charge is 2.35. The van der Waals surface area contributed by atoms with Crippen LogP contribution in [-0.4, -0.2) is 49.2 Å². The van der Waals surface area contributed by atoms with Crippen LogP contribution in [0.15, 0.2) is 114 Å². The van der Waals surface area contributed by atoms with Crippen molar-refractivity contribution in [3.63, 3.8) is 0 Å². The van der Waals surface area contributed by atoms with Crippen molar-refractivity contribution in [2.75, 3.05) is 17.4 Å². The number of benzene rings is 4. The minimum Gasteiger partial charge on any atom is -0.354 e. The molecule has 0 heterocycles. The molecule has 4 aromatic rings. The first-order chi connectivity index (χ1) is 21.6. The lowest BCUT2D eigenvalue weighted by Gasteiger charge is -2.33. The van der Waals surface area contributed by atoms with Crippen LogP contribution in [-0.2, 0) is 32.6 Å². The normalized spacial score (nSPS) is 11.8. The van der Waals surface area contributed by atoms with E-state index in [2.05, 4.69) is 5.32 Å². The lowest BCUT2D eigenvalue weighted by Crippen LogP contribution is -2.53. The lowest BCUT2D eigenvalue weighted by molar-refractivity contribution is -0.384. The number of hydrogen-bond acceptors (Lipinski definition) is 6. The number of rotatable bonds is 14. The van der Waals surface area contributed by atoms with Crippen LogP contribution < -0.4 is 9.62 Å². The maximum atomic E-state index is 14.3. The molecule has 0 aliphatic heterocycles. The number of non-ortho nitro benzene ring substituents is 1. The summed E-state index contributed by atoms with van der Waals surface area (Å²) in [7, 11) is -4.41. The summed E-state index contributed by atoms with van der Waals surface area (Å²) in [5.41, 5.74) is 0.813. The molecule has 0 fully saturated rings. The average Bonchev–Trinajstić information content (AvgIpc) is 3.05. The second kappa shape index (κ2) is 15.1. The van der Waals surface area contributed by atoms with E-state index in [1.165, 1.54) is 71.6 Å². The van der Waals surface area contributed by atoms with Gasteiger partial charge in [-0.15, -0.1) is 0 Å². The SMILES string of the molecule is CCCNC(=O)C(Cc1ccccc1)N(Cc1ccc(F)cc1)C(=O)CN(c1cccc([N+](=O)[O-])c1)S(=O)(=O)c1ccccc1. The molecule has 0 bridgehead atoms. The highest BCUT2D eigenvalue weighted by molar-refractivity contribution is 7.92. The van der Waals surface area contributed by atoms with E-state index in [1.807, 2.05) is 25.1 Å². The largest absolute Gasteiger partial charge is 0.354 e. The van der Waals surface area contributed by atoms with Gasteiger partial charge in [-0.3, -0.25) is 24.0 Å². The van der Waals surface area contributed by atoms with Gasteiger partial charge in [-0.1, -0.05) is 73.7 Å². The summed E-state index contributed by atoms with van der Waals surface area (Å²) in [6.45, 7) is 1.33. The number of sulfonamides is 1. The van der Waals surface area contributed by atoms with Crippen molar-refractivity contribution in [3.05, 3.63) is 136 Å². The Bertz CT molecular complexity index is 1720. The van der Waals surface area contributed by atoms with Gasteiger partial charge in [-0.05, 0) is 47.9 Å². The highest BCUT2D eigenvalue weighted by Crippen LogP contribution is 2.28. The van der Waals surface area contributed by atoms with Crippen molar-refractivity contribution < 1.29 is 27.3 Å². The number of nitro groups is 1. The number of amides is 2. The number of nitrogens with one attached hydrogen (secondary N) is 1. The molecule has 0 spiro atoms. The Morgan fingerprint density at radius 2 is 1.53 bits per heavy atom. The number of halogens is 1. The van der Waals surface area contributed by atoms with E-state index in [0.717, 1.165) is 15.9 Å². The smallest absolute Gasteiger partial charge is 0.271 e. The van der Waals surface area contributed by atoms with E-state index in [-0.39, 0.29) is 29.2 Å². The molecular weight excluding hydrogens is 599 g/mol. The average molecular weight is 633 g/mol. The van der Waals surface area contributed by atoms with Crippen LogP contribution in [0.2, 0.25) is 0 Å². The first-order valence-electron chi connectivity index (χ1n) is 14.3. The van der Waals surface area contributed by atoms with Gasteiger partial charge in [0.2, 0.25) is 11.8 Å². The predicted octanol–water partition coefficient (Wildman–Crippen LogP) is 5.10. The Labute approximate surface area is 261 Å². The highest BCUT2D eigenvalue weighted by atomic mass is 32.2. The number of nitrogens with zero attached hydrogens (tertiary/aromatic N) is 3. The van der Waals surface area contributed by atoms with Gasteiger partial charge in [0.25, 0.3) is 15.7 Å². The molecule has 0 saturated heterocycles. The fraction of sp³-hybridized carbons (Fsp3) is 0.212. The molecular formula is C33H33FN4O6S. The van der Waals surface area contributed by atoms with Crippen LogP contribution in [0, 0.1) is 15.9 Å². The zero-order chi connectivity index (χ0) is 32.4. The summed E-state index contributed by atoms with van der Waals surface area (Å²) in [6.07, 6.45) is 0.761. The Kier molecular flexibility index (Phi) is 11.0. The summed E-state index contributed by atoms with van der Waals surface area (Å²) in [4.78, 5) is 40.0. The minimum atomic E-state index is -4.41. The van der Waals surface area contributed by atoms with E-state index >= 15 is 0 Å². The molecule has 1 atom stereocenters. The first-order valence-corrected chi connectivity index (χ1v) is 15.7. The Morgan fingerprint density at radius 1 is 0.889 bits per heavy atom. The maximum Gasteiger partial charge on any atom is 0.271 e. The topological polar surface area (TPSA) is 130 Å². The molecule has 4 aromatic carbocycles. The third kappa shape index (κ3) is 8.51. The third-order valence-electron chi connectivity index (χ3n) is 7.03. The molecule has 10 nitrogen and oxygen atoms in total. The van der Waals surface area contributed by atoms with Gasteiger partial charge >= 0.3 is 0 Å². The van der Waals surface area contributed by atoms with Crippen molar-refractivity contribution in [1.82, 2.24) is 10.2 Å². The Balaban J connectivity index is 1.81. The van der Waals surface area contributed by atoms with Gasteiger partial charge in [-0.2, -0.15) is 0 Å². The van der Waals surface area contributed by atoms with Crippen molar-refractivity contribution in [2.45, 2.75) is 37.2 Å². The summed E-state index contributed by atoms with van der Waals surface area (Å²) in [5.74, 6) is -1.66. The zero-order valence-electron chi connectivity index (χ0n) is 24.6. The second-order valence-corrected chi connectivity index (χ2v) is 12.1. The van der Waals surface area contributed by atoms with E-state index < -0.39 is 45.2 Å². The summed E-state index contributed by atoms with van der Waals surface area (Å²) in [6, 6.07) is 25.8. The monoisotopic (exact) mass is 632 g/mol. The van der Waals surface area contributed by atoms with Gasteiger partial charge in [0.15, 0.2) is 0 Å². The number of hydrogen-bond donors (Lipinski definition) is 1. The van der Waals surface area contributed by atoms with Crippen LogP contribution in [0.5, 0.6) is 0 Å². The number of nitro benzene ring substituents is 1. The van der Waals surface area contributed by atoms with Crippen molar-refractivity contribution >= 4 is 33.2 Å². The van der Waals surface area contributed by atoms with E-state index in [4.69, 9.17) is 0 Å². The molecule has 45 heavy (non-hydrogen) atoms. The van der Waals surface area contributed by atoms with Crippen LogP contribution >= 0.6 is 0 Å². The van der Waals surface area contributed by atoms with Crippen LogP contribution in [0.4, 0.5) is 15.8 Å². The molecule has 2 amide bonds. The maximum absolute atomic E-state index is 14.3. The molecule has 0 aliphatic rings. The molecule has 0 aromatic heterocycles. The predicted molar refractivity (Wildman–Crippen MR) is 168 cm³/mol. The molecule has 234 valence electrons. The molecule has 1 N–H and O–H groups in total. The molecule has 0 saturated carbocycles. The van der Waals surface area contributed by atoms with Crippen LogP contribution in [0.3, 0.4) is 0 Å². The van der Waals surface area contributed by atoms with Crippen molar-refractivity contribution in [2.24, 2.45) is 0 Å². The fourth-order valence-corrected chi connectivity index (χ4v) is 6.14. The first kappa shape index (κ1) is 32.8. The van der Waals surface area contributed by atoms with Gasteiger partial charge < -0.3 is 10.2 Å². The number of carbonyl (C=O) groups excluding carboxylic acids is 2. The van der Waals surface area contributed by atoms with Crippen LogP contribution in [0.25, 0.3) is 0 Å². The van der Waals surface area contributed by atoms with Gasteiger partial charge in [0.1, 0.15) is 18.4 Å². The molecule has 0 aliphatic carbocycles. The Hall–Kier alpha value is -5.10. The summed E-state index contributed by atoms with van der Waals surface area (Å²) in [5, 5.41) is 14.4. The molecule has 12 heteroatoms. The minimum absolute atomic E-state index is 0.0989. The van der Waals surface area contributed by atoms with E-state index in [9.17, 15) is 32.5 Å². The molecule has 1 unspecified atom stereocenters. The Morgan fingerprint density at radius 3 is 2.16 bits per heavy atom. The fourth-order valence-electron chi connectivity index (χ4n) is 4.72. The van der Waals surface area contributed by atoms with E-state index in [1.54, 1.807) is 18.2 Å².